The summed E-state index contributed by atoms with van der Waals surface area (Å²) in [6, 6.07) is 6.75. The Morgan fingerprint density at radius 1 is 1.19 bits per heavy atom. The van der Waals surface area contributed by atoms with Gasteiger partial charge in [0.15, 0.2) is 0 Å². The van der Waals surface area contributed by atoms with E-state index in [0.717, 1.165) is 16.6 Å². The van der Waals surface area contributed by atoms with Crippen molar-refractivity contribution in [1.82, 2.24) is 5.32 Å². The van der Waals surface area contributed by atoms with Gasteiger partial charge in [0.1, 0.15) is 17.4 Å². The first kappa shape index (κ1) is 16.2. The lowest BCUT2D eigenvalue weighted by Gasteiger charge is -2.20. The minimum Gasteiger partial charge on any atom is -0.497 e. The maximum Gasteiger partial charge on any atom is 0.134 e. The van der Waals surface area contributed by atoms with Gasteiger partial charge >= 0.3 is 0 Å². The van der Waals surface area contributed by atoms with Crippen LogP contribution in [-0.2, 0) is 0 Å². The van der Waals surface area contributed by atoms with Crippen LogP contribution in [0.3, 0.4) is 0 Å². The van der Waals surface area contributed by atoms with E-state index in [2.05, 4.69) is 21.2 Å². The van der Waals surface area contributed by atoms with Crippen molar-refractivity contribution in [2.45, 2.75) is 6.04 Å². The van der Waals surface area contributed by atoms with Crippen molar-refractivity contribution in [3.63, 3.8) is 0 Å². The van der Waals surface area contributed by atoms with Crippen LogP contribution in [0, 0.1) is 11.6 Å². The third kappa shape index (κ3) is 3.36. The molecule has 0 amide bonds. The fourth-order valence-corrected chi connectivity index (χ4v) is 2.75. The van der Waals surface area contributed by atoms with Gasteiger partial charge in [-0.3, -0.25) is 0 Å². The van der Waals surface area contributed by atoms with E-state index in [-0.39, 0.29) is 11.3 Å². The Morgan fingerprint density at radius 2 is 1.81 bits per heavy atom. The van der Waals surface area contributed by atoms with Crippen molar-refractivity contribution in [1.29, 1.82) is 0 Å². The molecule has 0 radical (unpaired) electrons. The SMILES string of the molecule is CNC(c1cc(Br)ccc1Cl)c1c(F)cc(OC)cc1F. The molecule has 6 heteroatoms. The van der Waals surface area contributed by atoms with E-state index in [1.54, 1.807) is 25.2 Å². The maximum atomic E-state index is 14.2. The summed E-state index contributed by atoms with van der Waals surface area (Å²) in [5.74, 6) is -1.26. The predicted octanol–water partition coefficient (Wildman–Crippen LogP) is 4.70. The standard InChI is InChI=1S/C15H13BrClF2NO/c1-20-15(10-5-8(16)3-4-11(10)17)14-12(18)6-9(21-2)7-13(14)19/h3-7,15,20H,1-2H3. The Balaban J connectivity index is 2.59. The highest BCUT2D eigenvalue weighted by Gasteiger charge is 2.24. The average Bonchev–Trinajstić information content (AvgIpc) is 2.45. The molecular weight excluding hydrogens is 364 g/mol. The third-order valence-electron chi connectivity index (χ3n) is 3.13. The van der Waals surface area contributed by atoms with Gasteiger partial charge in [0.05, 0.1) is 13.2 Å². The highest BCUT2D eigenvalue weighted by Crippen LogP contribution is 2.34. The van der Waals surface area contributed by atoms with Crippen molar-refractivity contribution in [2.24, 2.45) is 0 Å². The van der Waals surface area contributed by atoms with Gasteiger partial charge in [-0.15, -0.1) is 0 Å². The van der Waals surface area contributed by atoms with Crippen molar-refractivity contribution < 1.29 is 13.5 Å². The summed E-state index contributed by atoms with van der Waals surface area (Å²) in [6.45, 7) is 0. The van der Waals surface area contributed by atoms with Gasteiger partial charge in [0, 0.05) is 27.2 Å². The highest BCUT2D eigenvalue weighted by molar-refractivity contribution is 9.10. The van der Waals surface area contributed by atoms with E-state index >= 15 is 0 Å². The predicted molar refractivity (Wildman–Crippen MR) is 83.0 cm³/mol. The number of ether oxygens (including phenoxy) is 1. The summed E-state index contributed by atoms with van der Waals surface area (Å²) < 4.78 is 34.1. The van der Waals surface area contributed by atoms with Crippen LogP contribution in [0.25, 0.3) is 0 Å². The number of hydrogen-bond donors (Lipinski definition) is 1. The Kier molecular flexibility index (Phi) is 5.19. The summed E-state index contributed by atoms with van der Waals surface area (Å²) >= 11 is 9.48. The van der Waals surface area contributed by atoms with Crippen LogP contribution >= 0.6 is 27.5 Å². The Hall–Kier alpha value is -1.17. The van der Waals surface area contributed by atoms with Crippen molar-refractivity contribution in [3.8, 4) is 5.75 Å². The molecule has 0 aliphatic carbocycles. The van der Waals surface area contributed by atoms with Crippen molar-refractivity contribution >= 4 is 27.5 Å². The first-order valence-electron chi connectivity index (χ1n) is 6.13. The lowest BCUT2D eigenvalue weighted by molar-refractivity contribution is 0.403. The van der Waals surface area contributed by atoms with Gasteiger partial charge < -0.3 is 10.1 Å². The van der Waals surface area contributed by atoms with E-state index in [9.17, 15) is 8.78 Å². The minimum atomic E-state index is -0.707. The quantitative estimate of drug-likeness (QED) is 0.835. The molecule has 2 nitrogen and oxygen atoms in total. The second-order valence-corrected chi connectivity index (χ2v) is 5.72. The van der Waals surface area contributed by atoms with Crippen LogP contribution in [0.1, 0.15) is 17.2 Å². The zero-order valence-electron chi connectivity index (χ0n) is 11.4. The summed E-state index contributed by atoms with van der Waals surface area (Å²) in [7, 11) is 2.97. The monoisotopic (exact) mass is 375 g/mol. The second-order valence-electron chi connectivity index (χ2n) is 4.39. The number of nitrogens with one attached hydrogen (secondary N) is 1. The largest absolute Gasteiger partial charge is 0.497 e. The number of benzene rings is 2. The first-order chi connectivity index (χ1) is 9.97. The Morgan fingerprint density at radius 3 is 2.33 bits per heavy atom. The molecule has 0 saturated carbocycles. The second kappa shape index (κ2) is 6.73. The first-order valence-corrected chi connectivity index (χ1v) is 7.30. The molecule has 1 N–H and O–H groups in total. The number of hydrogen-bond acceptors (Lipinski definition) is 2. The average molecular weight is 377 g/mol. The van der Waals surface area contributed by atoms with Gasteiger partial charge in [0.2, 0.25) is 0 Å². The molecule has 0 spiro atoms. The fraction of sp³-hybridized carbons (Fsp3) is 0.200. The topological polar surface area (TPSA) is 21.3 Å². The molecule has 0 aliphatic rings. The van der Waals surface area contributed by atoms with E-state index in [1.165, 1.54) is 7.11 Å². The zero-order valence-corrected chi connectivity index (χ0v) is 13.7. The Bertz CT molecular complexity index is 643. The molecule has 0 bridgehead atoms. The Labute approximate surface area is 135 Å². The van der Waals surface area contributed by atoms with Crippen LogP contribution in [-0.4, -0.2) is 14.2 Å². The minimum absolute atomic E-state index is 0.0988. The normalized spacial score (nSPS) is 12.3. The van der Waals surface area contributed by atoms with Crippen LogP contribution in [0.2, 0.25) is 5.02 Å². The molecule has 21 heavy (non-hydrogen) atoms. The number of rotatable bonds is 4. The summed E-state index contributed by atoms with van der Waals surface area (Å²) in [6.07, 6.45) is 0. The summed E-state index contributed by atoms with van der Waals surface area (Å²) in [5, 5.41) is 3.32. The molecule has 0 aromatic heterocycles. The molecule has 1 atom stereocenters. The van der Waals surface area contributed by atoms with E-state index in [4.69, 9.17) is 16.3 Å². The van der Waals surface area contributed by atoms with E-state index in [0.29, 0.717) is 10.6 Å². The molecule has 1 unspecified atom stereocenters. The lowest BCUT2D eigenvalue weighted by atomic mass is 9.97. The highest BCUT2D eigenvalue weighted by atomic mass is 79.9. The van der Waals surface area contributed by atoms with Gasteiger partial charge in [-0.05, 0) is 30.8 Å². The molecule has 2 rings (SSSR count). The fourth-order valence-electron chi connectivity index (χ4n) is 2.15. The molecule has 2 aromatic rings. The molecule has 0 fully saturated rings. The number of methoxy groups -OCH3 is 1. The van der Waals surface area contributed by atoms with Gasteiger partial charge in [-0.25, -0.2) is 8.78 Å². The molecule has 2 aromatic carbocycles. The third-order valence-corrected chi connectivity index (χ3v) is 3.97. The van der Waals surface area contributed by atoms with Crippen LogP contribution in [0.15, 0.2) is 34.8 Å². The van der Waals surface area contributed by atoms with Crippen LogP contribution in [0.5, 0.6) is 5.75 Å². The zero-order chi connectivity index (χ0) is 15.6. The van der Waals surface area contributed by atoms with Crippen molar-refractivity contribution in [2.75, 3.05) is 14.2 Å². The maximum absolute atomic E-state index is 14.2. The van der Waals surface area contributed by atoms with E-state index < -0.39 is 17.7 Å². The van der Waals surface area contributed by atoms with Crippen LogP contribution < -0.4 is 10.1 Å². The van der Waals surface area contributed by atoms with E-state index in [1.807, 2.05) is 0 Å². The molecule has 0 saturated heterocycles. The summed E-state index contributed by atoms with van der Waals surface area (Å²) in [5.41, 5.74) is 0.481. The summed E-state index contributed by atoms with van der Waals surface area (Å²) in [4.78, 5) is 0. The smallest absolute Gasteiger partial charge is 0.134 e. The molecule has 0 aliphatic heterocycles. The lowest BCUT2D eigenvalue weighted by Crippen LogP contribution is -2.21. The van der Waals surface area contributed by atoms with Gasteiger partial charge in [-0.1, -0.05) is 27.5 Å². The van der Waals surface area contributed by atoms with Gasteiger partial charge in [-0.2, -0.15) is 0 Å². The molecule has 0 heterocycles. The van der Waals surface area contributed by atoms with Gasteiger partial charge in [0.25, 0.3) is 0 Å². The molecule has 112 valence electrons. The molecular formula is C15H13BrClF2NO. The number of halogens is 4. The van der Waals surface area contributed by atoms with Crippen molar-refractivity contribution in [3.05, 3.63) is 62.6 Å². The van der Waals surface area contributed by atoms with Crippen LogP contribution in [0.4, 0.5) is 8.78 Å².